The van der Waals surface area contributed by atoms with E-state index in [9.17, 15) is 14.7 Å². The number of hydrogen-bond acceptors (Lipinski definition) is 5. The lowest BCUT2D eigenvalue weighted by Gasteiger charge is -2.18. The fourth-order valence-corrected chi connectivity index (χ4v) is 2.43. The smallest absolute Gasteiger partial charge is 0.339 e. The molecule has 0 saturated carbocycles. The predicted octanol–water partition coefficient (Wildman–Crippen LogP) is 2.72. The summed E-state index contributed by atoms with van der Waals surface area (Å²) >= 11 is 0. The Kier molecular flexibility index (Phi) is 5.26. The summed E-state index contributed by atoms with van der Waals surface area (Å²) in [6.07, 6.45) is 0. The molecule has 2 aromatic rings. The van der Waals surface area contributed by atoms with Gasteiger partial charge in [0.1, 0.15) is 11.3 Å². The van der Waals surface area contributed by atoms with E-state index in [-0.39, 0.29) is 16.9 Å². The molecule has 1 aromatic carbocycles. The molecule has 7 heteroatoms. The van der Waals surface area contributed by atoms with Crippen molar-refractivity contribution in [1.82, 2.24) is 4.98 Å². The molecular formula is C18H21N3O4. The summed E-state index contributed by atoms with van der Waals surface area (Å²) in [4.78, 5) is 30.3. The van der Waals surface area contributed by atoms with E-state index in [0.29, 0.717) is 17.1 Å². The molecule has 132 valence electrons. The average Bonchev–Trinajstić information content (AvgIpc) is 2.55. The zero-order valence-corrected chi connectivity index (χ0v) is 14.9. The lowest BCUT2D eigenvalue weighted by atomic mass is 10.0. The summed E-state index contributed by atoms with van der Waals surface area (Å²) in [7, 11) is 5.06. The number of benzene rings is 1. The lowest BCUT2D eigenvalue weighted by Crippen LogP contribution is -2.19. The van der Waals surface area contributed by atoms with E-state index in [1.165, 1.54) is 13.2 Å². The molecule has 0 bridgehead atoms. The van der Waals surface area contributed by atoms with Crippen molar-refractivity contribution in [2.24, 2.45) is 0 Å². The van der Waals surface area contributed by atoms with Crippen molar-refractivity contribution >= 4 is 23.4 Å². The molecule has 2 rings (SSSR count). The number of anilines is 2. The third kappa shape index (κ3) is 3.88. The summed E-state index contributed by atoms with van der Waals surface area (Å²) in [5.41, 5.74) is 2.20. The van der Waals surface area contributed by atoms with E-state index in [1.807, 2.05) is 21.0 Å². The van der Waals surface area contributed by atoms with E-state index < -0.39 is 11.9 Å². The number of aromatic nitrogens is 1. The van der Waals surface area contributed by atoms with E-state index in [4.69, 9.17) is 4.74 Å². The molecule has 1 amide bonds. The summed E-state index contributed by atoms with van der Waals surface area (Å²) < 4.78 is 5.08. The molecule has 1 aromatic heterocycles. The quantitative estimate of drug-likeness (QED) is 0.867. The van der Waals surface area contributed by atoms with Crippen LogP contribution in [0.1, 0.15) is 32.0 Å². The van der Waals surface area contributed by atoms with Gasteiger partial charge in [0.2, 0.25) is 0 Å². The number of ether oxygens (including phenoxy) is 1. The standard InChI is InChI=1S/C18H21N3O4/c1-10-8-15(25-5)13(18(23)24)9-12(10)17(22)20-14-7-6-11(2)19-16(14)21(3)4/h6-9H,1-5H3,(H,20,22)(H,23,24). The van der Waals surface area contributed by atoms with Crippen LogP contribution in [0.4, 0.5) is 11.5 Å². The summed E-state index contributed by atoms with van der Waals surface area (Å²) in [5.74, 6) is -0.723. The maximum Gasteiger partial charge on any atom is 0.339 e. The lowest BCUT2D eigenvalue weighted by molar-refractivity contribution is 0.0693. The molecule has 0 spiro atoms. The van der Waals surface area contributed by atoms with Gasteiger partial charge in [-0.2, -0.15) is 0 Å². The number of carbonyl (C=O) groups excluding carboxylic acids is 1. The Morgan fingerprint density at radius 1 is 1.16 bits per heavy atom. The van der Waals surface area contributed by atoms with Crippen molar-refractivity contribution in [3.63, 3.8) is 0 Å². The Morgan fingerprint density at radius 2 is 1.84 bits per heavy atom. The van der Waals surface area contributed by atoms with Crippen LogP contribution in [0.15, 0.2) is 24.3 Å². The van der Waals surface area contributed by atoms with E-state index in [0.717, 1.165) is 5.69 Å². The SMILES string of the molecule is COc1cc(C)c(C(=O)Nc2ccc(C)nc2N(C)C)cc1C(=O)O. The second-order valence-electron chi connectivity index (χ2n) is 5.84. The van der Waals surface area contributed by atoms with Crippen LogP contribution < -0.4 is 15.0 Å². The van der Waals surface area contributed by atoms with Crippen LogP contribution in [0.25, 0.3) is 0 Å². The van der Waals surface area contributed by atoms with Crippen LogP contribution in [0.3, 0.4) is 0 Å². The topological polar surface area (TPSA) is 91.8 Å². The summed E-state index contributed by atoms with van der Waals surface area (Å²) in [5, 5.41) is 12.1. The van der Waals surface area contributed by atoms with Gasteiger partial charge in [-0.25, -0.2) is 9.78 Å². The Hall–Kier alpha value is -3.09. The first-order valence-corrected chi connectivity index (χ1v) is 7.62. The van der Waals surface area contributed by atoms with Gasteiger partial charge >= 0.3 is 5.97 Å². The molecule has 0 aliphatic carbocycles. The van der Waals surface area contributed by atoms with Crippen molar-refractivity contribution in [2.75, 3.05) is 31.4 Å². The summed E-state index contributed by atoms with van der Waals surface area (Å²) in [6.45, 7) is 3.59. The monoisotopic (exact) mass is 343 g/mol. The van der Waals surface area contributed by atoms with Crippen LogP contribution in [0.2, 0.25) is 0 Å². The number of methoxy groups -OCH3 is 1. The molecule has 0 radical (unpaired) electrons. The first kappa shape index (κ1) is 18.3. The number of nitrogens with zero attached hydrogens (tertiary/aromatic N) is 2. The molecule has 0 atom stereocenters. The van der Waals surface area contributed by atoms with E-state index in [1.54, 1.807) is 30.0 Å². The van der Waals surface area contributed by atoms with Gasteiger partial charge in [0.05, 0.1) is 12.8 Å². The number of hydrogen-bond donors (Lipinski definition) is 2. The van der Waals surface area contributed by atoms with Gasteiger partial charge in [-0.05, 0) is 43.7 Å². The van der Waals surface area contributed by atoms with E-state index in [2.05, 4.69) is 10.3 Å². The van der Waals surface area contributed by atoms with Crippen LogP contribution >= 0.6 is 0 Å². The van der Waals surface area contributed by atoms with Gasteiger partial charge in [-0.1, -0.05) is 0 Å². The van der Waals surface area contributed by atoms with Crippen molar-refractivity contribution in [3.8, 4) is 5.75 Å². The van der Waals surface area contributed by atoms with Crippen LogP contribution in [-0.4, -0.2) is 43.2 Å². The van der Waals surface area contributed by atoms with Crippen LogP contribution in [0.5, 0.6) is 5.75 Å². The van der Waals surface area contributed by atoms with Crippen molar-refractivity contribution in [1.29, 1.82) is 0 Å². The van der Waals surface area contributed by atoms with Crippen molar-refractivity contribution in [2.45, 2.75) is 13.8 Å². The minimum atomic E-state index is -1.16. The third-order valence-corrected chi connectivity index (χ3v) is 3.71. The number of carboxylic acids is 1. The molecular weight excluding hydrogens is 322 g/mol. The number of aromatic carboxylic acids is 1. The molecule has 0 saturated heterocycles. The minimum Gasteiger partial charge on any atom is -0.496 e. The highest BCUT2D eigenvalue weighted by Crippen LogP contribution is 2.26. The second-order valence-corrected chi connectivity index (χ2v) is 5.84. The Balaban J connectivity index is 2.43. The first-order valence-electron chi connectivity index (χ1n) is 7.62. The number of amides is 1. The number of rotatable bonds is 5. The number of nitrogens with one attached hydrogen (secondary N) is 1. The molecule has 7 nitrogen and oxygen atoms in total. The fourth-order valence-electron chi connectivity index (χ4n) is 2.43. The zero-order chi connectivity index (χ0) is 18.7. The molecule has 2 N–H and O–H groups in total. The van der Waals surface area contributed by atoms with Crippen molar-refractivity contribution < 1.29 is 19.4 Å². The Labute approximate surface area is 146 Å². The van der Waals surface area contributed by atoms with Gasteiger partial charge in [-0.3, -0.25) is 4.79 Å². The normalized spacial score (nSPS) is 10.3. The van der Waals surface area contributed by atoms with Crippen LogP contribution in [0, 0.1) is 13.8 Å². The molecule has 25 heavy (non-hydrogen) atoms. The van der Waals surface area contributed by atoms with Crippen LogP contribution in [-0.2, 0) is 0 Å². The maximum atomic E-state index is 12.7. The van der Waals surface area contributed by atoms with Gasteiger partial charge < -0.3 is 20.1 Å². The molecule has 0 aliphatic heterocycles. The van der Waals surface area contributed by atoms with Gasteiger partial charge in [0.25, 0.3) is 5.91 Å². The van der Waals surface area contributed by atoms with E-state index >= 15 is 0 Å². The van der Waals surface area contributed by atoms with Crippen molar-refractivity contribution in [3.05, 3.63) is 46.6 Å². The Morgan fingerprint density at radius 3 is 2.40 bits per heavy atom. The number of carbonyl (C=O) groups is 2. The third-order valence-electron chi connectivity index (χ3n) is 3.71. The first-order chi connectivity index (χ1) is 11.7. The highest BCUT2D eigenvalue weighted by Gasteiger charge is 2.19. The zero-order valence-electron chi connectivity index (χ0n) is 14.9. The predicted molar refractivity (Wildman–Crippen MR) is 95.9 cm³/mol. The summed E-state index contributed by atoms with van der Waals surface area (Å²) in [6, 6.07) is 6.43. The average molecular weight is 343 g/mol. The molecule has 0 fully saturated rings. The highest BCUT2D eigenvalue weighted by molar-refractivity contribution is 6.08. The maximum absolute atomic E-state index is 12.7. The fraction of sp³-hybridized carbons (Fsp3) is 0.278. The minimum absolute atomic E-state index is 0.0619. The second kappa shape index (κ2) is 7.21. The van der Waals surface area contributed by atoms with Gasteiger partial charge in [0.15, 0.2) is 5.82 Å². The largest absolute Gasteiger partial charge is 0.496 e. The molecule has 0 unspecified atom stereocenters. The molecule has 0 aliphatic rings. The Bertz CT molecular complexity index is 831. The number of carboxylic acid groups (broad SMARTS) is 1. The van der Waals surface area contributed by atoms with Gasteiger partial charge in [0, 0.05) is 25.4 Å². The number of pyridine rings is 1. The molecule has 1 heterocycles. The number of aryl methyl sites for hydroxylation is 2. The van der Waals surface area contributed by atoms with Gasteiger partial charge in [-0.15, -0.1) is 0 Å². The highest BCUT2D eigenvalue weighted by atomic mass is 16.5.